The minimum atomic E-state index is -4.02. The Morgan fingerprint density at radius 1 is 0.968 bits per heavy atom. The number of benzene rings is 3. The van der Waals surface area contributed by atoms with Gasteiger partial charge in [-0.3, -0.25) is 9.10 Å². The highest BCUT2D eigenvalue weighted by Gasteiger charge is 2.27. The molecule has 0 radical (unpaired) electrons. The number of anilines is 1. The molecule has 0 aliphatic carbocycles. The number of hydrogen-bond donors (Lipinski definition) is 1. The van der Waals surface area contributed by atoms with Crippen LogP contribution in [0.1, 0.15) is 24.0 Å². The highest BCUT2D eigenvalue weighted by molar-refractivity contribution is 7.92. The second kappa shape index (κ2) is 9.75. The summed E-state index contributed by atoms with van der Waals surface area (Å²) in [7, 11) is -4.02. The normalized spacial score (nSPS) is 12.2. The molecule has 5 nitrogen and oxygen atoms in total. The minimum Gasteiger partial charge on any atom is -0.354 e. The molecule has 31 heavy (non-hydrogen) atoms. The molecule has 1 atom stereocenters. The van der Waals surface area contributed by atoms with Gasteiger partial charge in [0.2, 0.25) is 5.91 Å². The van der Waals surface area contributed by atoms with Gasteiger partial charge >= 0.3 is 0 Å². The molecule has 0 bridgehead atoms. The van der Waals surface area contributed by atoms with Crippen molar-refractivity contribution < 1.29 is 17.6 Å². The molecular weight excluding hydrogens is 415 g/mol. The first-order valence-electron chi connectivity index (χ1n) is 9.94. The number of aryl methyl sites for hydroxylation is 1. The van der Waals surface area contributed by atoms with Gasteiger partial charge in [-0.25, -0.2) is 12.8 Å². The van der Waals surface area contributed by atoms with Crippen LogP contribution in [-0.2, 0) is 14.8 Å². The number of carbonyl (C=O) groups is 1. The molecular formula is C24H25FN2O3S. The van der Waals surface area contributed by atoms with Crippen LogP contribution in [0.15, 0.2) is 83.8 Å². The van der Waals surface area contributed by atoms with Gasteiger partial charge in [0, 0.05) is 6.54 Å². The number of rotatable bonds is 8. The monoisotopic (exact) mass is 440 g/mol. The van der Waals surface area contributed by atoms with Gasteiger partial charge in [-0.1, -0.05) is 55.0 Å². The summed E-state index contributed by atoms with van der Waals surface area (Å²) in [6.07, 6.45) is 0. The van der Waals surface area contributed by atoms with Crippen molar-refractivity contribution in [2.24, 2.45) is 0 Å². The van der Waals surface area contributed by atoms with E-state index in [0.29, 0.717) is 6.54 Å². The van der Waals surface area contributed by atoms with Crippen LogP contribution in [0.25, 0.3) is 0 Å². The fourth-order valence-electron chi connectivity index (χ4n) is 3.11. The fourth-order valence-corrected chi connectivity index (χ4v) is 4.53. The molecule has 0 saturated carbocycles. The van der Waals surface area contributed by atoms with Crippen molar-refractivity contribution in [2.75, 3.05) is 17.4 Å². The number of nitrogens with one attached hydrogen (secondary N) is 1. The summed E-state index contributed by atoms with van der Waals surface area (Å²) in [5, 5.41) is 2.81. The molecule has 1 amide bonds. The highest BCUT2D eigenvalue weighted by atomic mass is 32.2. The quantitative estimate of drug-likeness (QED) is 0.570. The molecule has 0 aliphatic rings. The Bertz CT molecular complexity index is 1120. The van der Waals surface area contributed by atoms with E-state index in [1.165, 1.54) is 36.4 Å². The van der Waals surface area contributed by atoms with Crippen LogP contribution in [0.4, 0.5) is 10.1 Å². The Labute approximate surface area is 182 Å². The first kappa shape index (κ1) is 22.5. The van der Waals surface area contributed by atoms with E-state index in [2.05, 4.69) is 5.32 Å². The first-order chi connectivity index (χ1) is 14.8. The van der Waals surface area contributed by atoms with E-state index in [0.717, 1.165) is 15.4 Å². The zero-order chi connectivity index (χ0) is 22.4. The Kier molecular flexibility index (Phi) is 7.07. The van der Waals surface area contributed by atoms with Gasteiger partial charge in [0.25, 0.3) is 10.0 Å². The Hall–Kier alpha value is -3.19. The van der Waals surface area contributed by atoms with Gasteiger partial charge in [-0.2, -0.15) is 0 Å². The van der Waals surface area contributed by atoms with Crippen LogP contribution >= 0.6 is 0 Å². The third kappa shape index (κ3) is 5.70. The highest BCUT2D eigenvalue weighted by Crippen LogP contribution is 2.24. The lowest BCUT2D eigenvalue weighted by Gasteiger charge is -2.24. The molecule has 0 unspecified atom stereocenters. The van der Waals surface area contributed by atoms with E-state index >= 15 is 0 Å². The van der Waals surface area contributed by atoms with Gasteiger partial charge in [-0.15, -0.1) is 0 Å². The molecule has 3 rings (SSSR count). The standard InChI is InChI=1S/C24H25FN2O3S/c1-18-8-14-23(15-9-18)31(29,30)27(22-12-10-21(25)11-13-22)17-24(28)26-16-19(2)20-6-4-3-5-7-20/h3-15,19H,16-17H2,1-2H3,(H,26,28)/t19-/m1/s1. The number of hydrogen-bond acceptors (Lipinski definition) is 3. The van der Waals surface area contributed by atoms with Gasteiger partial charge in [0.05, 0.1) is 10.6 Å². The van der Waals surface area contributed by atoms with Crippen LogP contribution in [0.2, 0.25) is 0 Å². The molecule has 7 heteroatoms. The van der Waals surface area contributed by atoms with E-state index in [1.807, 2.05) is 44.2 Å². The second-order valence-corrected chi connectivity index (χ2v) is 9.28. The van der Waals surface area contributed by atoms with E-state index in [9.17, 15) is 17.6 Å². The van der Waals surface area contributed by atoms with Crippen molar-refractivity contribution in [3.8, 4) is 0 Å². The molecule has 0 aliphatic heterocycles. The number of sulfonamides is 1. The SMILES string of the molecule is Cc1ccc(S(=O)(=O)N(CC(=O)NC[C@@H](C)c2ccccc2)c2ccc(F)cc2)cc1. The topological polar surface area (TPSA) is 66.5 Å². The predicted molar refractivity (Wildman–Crippen MR) is 120 cm³/mol. The van der Waals surface area contributed by atoms with Crippen LogP contribution < -0.4 is 9.62 Å². The lowest BCUT2D eigenvalue weighted by Crippen LogP contribution is -2.41. The average molecular weight is 441 g/mol. The molecule has 3 aromatic carbocycles. The molecule has 3 aromatic rings. The number of carbonyl (C=O) groups excluding carboxylic acids is 1. The summed E-state index contributed by atoms with van der Waals surface area (Å²) in [5.41, 5.74) is 2.21. The molecule has 162 valence electrons. The van der Waals surface area contributed by atoms with Crippen molar-refractivity contribution in [3.63, 3.8) is 0 Å². The first-order valence-corrected chi connectivity index (χ1v) is 11.4. The van der Waals surface area contributed by atoms with Gasteiger partial charge in [0.15, 0.2) is 0 Å². The molecule has 0 spiro atoms. The Morgan fingerprint density at radius 2 is 1.58 bits per heavy atom. The van der Waals surface area contributed by atoms with Gasteiger partial charge in [0.1, 0.15) is 12.4 Å². The lowest BCUT2D eigenvalue weighted by molar-refractivity contribution is -0.119. The molecule has 0 fully saturated rings. The maximum atomic E-state index is 13.4. The zero-order valence-electron chi connectivity index (χ0n) is 17.5. The molecule has 0 heterocycles. The largest absolute Gasteiger partial charge is 0.354 e. The smallest absolute Gasteiger partial charge is 0.264 e. The minimum absolute atomic E-state index is 0.0629. The average Bonchev–Trinajstić information content (AvgIpc) is 2.77. The zero-order valence-corrected chi connectivity index (χ0v) is 18.3. The summed E-state index contributed by atoms with van der Waals surface area (Å²) in [6, 6.07) is 21.1. The third-order valence-electron chi connectivity index (χ3n) is 4.98. The lowest BCUT2D eigenvalue weighted by atomic mass is 10.0. The van der Waals surface area contributed by atoms with Gasteiger partial charge in [-0.05, 0) is 54.8 Å². The van der Waals surface area contributed by atoms with Crippen molar-refractivity contribution in [1.82, 2.24) is 5.32 Å². The molecule has 1 N–H and O–H groups in total. The third-order valence-corrected chi connectivity index (χ3v) is 6.77. The van der Waals surface area contributed by atoms with E-state index in [1.54, 1.807) is 12.1 Å². The van der Waals surface area contributed by atoms with Gasteiger partial charge < -0.3 is 5.32 Å². The summed E-state index contributed by atoms with van der Waals surface area (Å²) >= 11 is 0. The summed E-state index contributed by atoms with van der Waals surface area (Å²) < 4.78 is 41.0. The number of halogens is 1. The Morgan fingerprint density at radius 3 is 2.19 bits per heavy atom. The van der Waals surface area contributed by atoms with E-state index < -0.39 is 28.3 Å². The second-order valence-electron chi connectivity index (χ2n) is 7.42. The van der Waals surface area contributed by atoms with Crippen LogP contribution in [0, 0.1) is 12.7 Å². The summed E-state index contributed by atoms with van der Waals surface area (Å²) in [4.78, 5) is 12.7. The fraction of sp³-hybridized carbons (Fsp3) is 0.208. The predicted octanol–water partition coefficient (Wildman–Crippen LogP) is 4.25. The van der Waals surface area contributed by atoms with Crippen molar-refractivity contribution in [2.45, 2.75) is 24.7 Å². The maximum Gasteiger partial charge on any atom is 0.264 e. The van der Waals surface area contributed by atoms with Crippen LogP contribution in [-0.4, -0.2) is 27.4 Å². The Balaban J connectivity index is 1.80. The summed E-state index contributed by atoms with van der Waals surface area (Å²) in [6.45, 7) is 3.79. The molecule has 0 aromatic heterocycles. The number of amides is 1. The van der Waals surface area contributed by atoms with Crippen LogP contribution in [0.3, 0.4) is 0 Å². The summed E-state index contributed by atoms with van der Waals surface area (Å²) in [5.74, 6) is -0.863. The van der Waals surface area contributed by atoms with Crippen LogP contribution in [0.5, 0.6) is 0 Å². The number of nitrogens with zero attached hydrogens (tertiary/aromatic N) is 1. The van der Waals surface area contributed by atoms with E-state index in [-0.39, 0.29) is 16.5 Å². The van der Waals surface area contributed by atoms with Crippen molar-refractivity contribution in [1.29, 1.82) is 0 Å². The molecule has 0 saturated heterocycles. The van der Waals surface area contributed by atoms with Crippen molar-refractivity contribution in [3.05, 3.63) is 95.8 Å². The maximum absolute atomic E-state index is 13.4. The van der Waals surface area contributed by atoms with Crippen molar-refractivity contribution >= 4 is 21.6 Å². The van der Waals surface area contributed by atoms with E-state index in [4.69, 9.17) is 0 Å².